The zero-order chi connectivity index (χ0) is 19.7. The third kappa shape index (κ3) is 3.31. The van der Waals surface area contributed by atoms with Crippen LogP contribution in [0.5, 0.6) is 0 Å². The molecule has 5 heterocycles. The summed E-state index contributed by atoms with van der Waals surface area (Å²) in [5, 5.41) is 0.296. The number of anilines is 2. The maximum Gasteiger partial charge on any atom is 0.224 e. The number of nitrogen functional groups attached to an aromatic ring is 2. The van der Waals surface area contributed by atoms with Crippen molar-refractivity contribution in [2.45, 2.75) is 0 Å². The van der Waals surface area contributed by atoms with Gasteiger partial charge in [-0.15, -0.1) is 0 Å². The number of hydrogen-bond acceptors (Lipinski definition) is 9. The van der Waals surface area contributed by atoms with Crippen LogP contribution in [-0.4, -0.2) is 44.4 Å². The van der Waals surface area contributed by atoms with Gasteiger partial charge in [0.1, 0.15) is 11.0 Å². The molecule has 0 spiro atoms. The van der Waals surface area contributed by atoms with Crippen LogP contribution in [0.1, 0.15) is 0 Å². The van der Waals surface area contributed by atoms with E-state index in [-0.39, 0.29) is 17.3 Å². The molecule has 0 aliphatic carbocycles. The molecule has 0 unspecified atom stereocenters. The van der Waals surface area contributed by atoms with Crippen molar-refractivity contribution in [2.24, 2.45) is 0 Å². The summed E-state index contributed by atoms with van der Waals surface area (Å²) in [6, 6.07) is 2.89. The summed E-state index contributed by atoms with van der Waals surface area (Å²) in [7, 11) is 0. The topological polar surface area (TPSA) is 183 Å². The van der Waals surface area contributed by atoms with Gasteiger partial charge in [0.2, 0.25) is 11.9 Å². The Labute approximate surface area is 160 Å². The molecule has 6 N–H and O–H groups in total. The minimum Gasteiger partial charge on any atom is -0.368 e. The van der Waals surface area contributed by atoms with E-state index in [2.05, 4.69) is 39.9 Å². The van der Waals surface area contributed by atoms with Crippen LogP contribution in [0.2, 0.25) is 5.15 Å². The molecular formula is C15H12ClN11O. The first-order chi connectivity index (χ1) is 13.5. The van der Waals surface area contributed by atoms with Gasteiger partial charge in [0.15, 0.2) is 27.7 Å². The summed E-state index contributed by atoms with van der Waals surface area (Å²) >= 11 is 5.70. The number of hydrogen-bond donors (Lipinski definition) is 4. The summed E-state index contributed by atoms with van der Waals surface area (Å²) in [5.74, 6) is 0.831. The van der Waals surface area contributed by atoms with Crippen LogP contribution in [0.25, 0.3) is 28.1 Å². The number of nitrogens with one attached hydrogen (secondary N) is 2. The fourth-order valence-corrected chi connectivity index (χ4v) is 2.61. The van der Waals surface area contributed by atoms with E-state index in [0.717, 1.165) is 0 Å². The van der Waals surface area contributed by atoms with Crippen molar-refractivity contribution < 1.29 is 0 Å². The molecule has 28 heavy (non-hydrogen) atoms. The third-order valence-electron chi connectivity index (χ3n) is 3.59. The normalized spacial score (nSPS) is 10.8. The van der Waals surface area contributed by atoms with Crippen LogP contribution >= 0.6 is 11.6 Å². The summed E-state index contributed by atoms with van der Waals surface area (Å²) in [5.41, 5.74) is 13.1. The molecule has 0 bridgehead atoms. The fraction of sp³-hybridized carbons (Fsp3) is 0. The predicted octanol–water partition coefficient (Wildman–Crippen LogP) is 0.674. The number of aromatic nitrogens is 9. The van der Waals surface area contributed by atoms with Gasteiger partial charge in [0.05, 0.1) is 12.7 Å². The monoisotopic (exact) mass is 397 g/mol. The Kier molecular flexibility index (Phi) is 4.29. The molecule has 0 saturated carbocycles. The van der Waals surface area contributed by atoms with E-state index in [0.29, 0.717) is 33.3 Å². The van der Waals surface area contributed by atoms with Crippen molar-refractivity contribution in [2.75, 3.05) is 11.5 Å². The highest BCUT2D eigenvalue weighted by atomic mass is 35.5. The van der Waals surface area contributed by atoms with Crippen molar-refractivity contribution in [1.29, 1.82) is 0 Å². The van der Waals surface area contributed by atoms with Crippen LogP contribution in [0, 0.1) is 0 Å². The highest BCUT2D eigenvalue weighted by Gasteiger charge is 2.09. The smallest absolute Gasteiger partial charge is 0.224 e. The average molecular weight is 398 g/mol. The van der Waals surface area contributed by atoms with E-state index in [1.54, 1.807) is 17.0 Å². The molecule has 5 rings (SSSR count). The Morgan fingerprint density at radius 2 is 1.43 bits per heavy atom. The molecular weight excluding hydrogens is 386 g/mol. The quantitative estimate of drug-likeness (QED) is 0.295. The molecule has 0 fully saturated rings. The molecule has 13 heteroatoms. The zero-order valence-electron chi connectivity index (χ0n) is 14.0. The first-order valence-corrected chi connectivity index (χ1v) is 8.16. The summed E-state index contributed by atoms with van der Waals surface area (Å²) in [6.45, 7) is 0. The Hall–Kier alpha value is -4.06. The number of nitrogens with zero attached hydrogens (tertiary/aromatic N) is 7. The number of imidazole rings is 2. The van der Waals surface area contributed by atoms with Crippen molar-refractivity contribution in [1.82, 2.24) is 44.4 Å². The molecule has 0 radical (unpaired) electrons. The SMILES string of the molecule is Nc1nc(-n2ccc(=O)cc2)c2[nH]cnc2n1.Nc1nc(Cl)c2[nH]cnc2n1. The number of rotatable bonds is 1. The molecule has 5 aromatic heterocycles. The zero-order valence-corrected chi connectivity index (χ0v) is 14.8. The second-order valence-electron chi connectivity index (χ2n) is 5.42. The third-order valence-corrected chi connectivity index (χ3v) is 3.86. The lowest BCUT2D eigenvalue weighted by Crippen LogP contribution is -2.06. The van der Waals surface area contributed by atoms with Crippen molar-refractivity contribution >= 4 is 45.8 Å². The number of nitrogens with two attached hydrogens (primary N) is 2. The van der Waals surface area contributed by atoms with Gasteiger partial charge >= 0.3 is 0 Å². The molecule has 140 valence electrons. The van der Waals surface area contributed by atoms with Crippen LogP contribution in [-0.2, 0) is 0 Å². The maximum absolute atomic E-state index is 11.0. The molecule has 0 aliphatic heterocycles. The second-order valence-corrected chi connectivity index (χ2v) is 5.78. The van der Waals surface area contributed by atoms with Crippen LogP contribution < -0.4 is 16.9 Å². The highest BCUT2D eigenvalue weighted by molar-refractivity contribution is 6.33. The lowest BCUT2D eigenvalue weighted by atomic mass is 10.4. The molecule has 12 nitrogen and oxygen atoms in total. The first-order valence-electron chi connectivity index (χ1n) is 7.78. The number of fused-ring (bicyclic) bond motifs is 2. The Bertz CT molecular complexity index is 1320. The van der Waals surface area contributed by atoms with Gasteiger partial charge in [-0.1, -0.05) is 11.6 Å². The molecule has 0 atom stereocenters. The van der Waals surface area contributed by atoms with Gasteiger partial charge < -0.3 is 26.0 Å². The lowest BCUT2D eigenvalue weighted by molar-refractivity contribution is 0.981. The van der Waals surface area contributed by atoms with Crippen LogP contribution in [0.4, 0.5) is 11.9 Å². The average Bonchev–Trinajstić information content (AvgIpc) is 3.31. The Morgan fingerprint density at radius 1 is 0.857 bits per heavy atom. The first kappa shape index (κ1) is 17.4. The van der Waals surface area contributed by atoms with Gasteiger partial charge in [-0.2, -0.15) is 19.9 Å². The minimum absolute atomic E-state index is 0.0656. The highest BCUT2D eigenvalue weighted by Crippen LogP contribution is 2.17. The lowest BCUT2D eigenvalue weighted by Gasteiger charge is -2.05. The van der Waals surface area contributed by atoms with E-state index < -0.39 is 0 Å². The summed E-state index contributed by atoms with van der Waals surface area (Å²) < 4.78 is 1.68. The van der Waals surface area contributed by atoms with E-state index in [4.69, 9.17) is 23.1 Å². The van der Waals surface area contributed by atoms with Gasteiger partial charge in [0, 0.05) is 24.5 Å². The predicted molar refractivity (Wildman–Crippen MR) is 103 cm³/mol. The molecule has 0 amide bonds. The number of aromatic amines is 2. The Morgan fingerprint density at radius 3 is 2.11 bits per heavy atom. The van der Waals surface area contributed by atoms with E-state index in [1.807, 2.05) is 0 Å². The standard InChI is InChI=1S/C10H8N6O.C5H4ClN5/c11-10-14-8-7(12-5-13-8)9(15-10)16-3-1-6(17)2-4-16;6-3-2-4(9-1-8-2)11-5(7)10-3/h1-5H,(H3,11,12,13,14,15);1H,(H3,7,8,9,10,11). The molecule has 0 aliphatic rings. The Balaban J connectivity index is 0.000000151. The number of halogens is 1. The van der Waals surface area contributed by atoms with E-state index in [9.17, 15) is 4.79 Å². The van der Waals surface area contributed by atoms with E-state index in [1.165, 1.54) is 24.8 Å². The summed E-state index contributed by atoms with van der Waals surface area (Å²) in [4.78, 5) is 40.4. The largest absolute Gasteiger partial charge is 0.368 e. The van der Waals surface area contributed by atoms with Gasteiger partial charge in [0.25, 0.3) is 0 Å². The summed E-state index contributed by atoms with van der Waals surface area (Å²) in [6.07, 6.45) is 6.24. The van der Waals surface area contributed by atoms with Crippen LogP contribution in [0.3, 0.4) is 0 Å². The second kappa shape index (κ2) is 6.92. The van der Waals surface area contributed by atoms with Gasteiger partial charge in [-0.25, -0.2) is 9.97 Å². The molecule has 0 saturated heterocycles. The van der Waals surface area contributed by atoms with Gasteiger partial charge in [-0.05, 0) is 0 Å². The van der Waals surface area contributed by atoms with Gasteiger partial charge in [-0.3, -0.25) is 4.79 Å². The molecule has 5 aromatic rings. The van der Waals surface area contributed by atoms with Crippen molar-refractivity contribution in [3.63, 3.8) is 0 Å². The maximum atomic E-state index is 11.0. The number of pyridine rings is 1. The van der Waals surface area contributed by atoms with Crippen molar-refractivity contribution in [3.8, 4) is 5.82 Å². The van der Waals surface area contributed by atoms with Crippen LogP contribution in [0.15, 0.2) is 42.0 Å². The van der Waals surface area contributed by atoms with Crippen molar-refractivity contribution in [3.05, 3.63) is 52.6 Å². The number of H-pyrrole nitrogens is 2. The van der Waals surface area contributed by atoms with E-state index >= 15 is 0 Å². The molecule has 0 aromatic carbocycles. The minimum atomic E-state index is -0.0656. The fourth-order valence-electron chi connectivity index (χ4n) is 2.39.